The van der Waals surface area contributed by atoms with Crippen LogP contribution >= 0.6 is 0 Å². The van der Waals surface area contributed by atoms with Gasteiger partial charge >= 0.3 is 0 Å². The van der Waals surface area contributed by atoms with Gasteiger partial charge in [0.25, 0.3) is 0 Å². The van der Waals surface area contributed by atoms with Crippen molar-refractivity contribution in [2.75, 3.05) is 41.6 Å². The fourth-order valence-electron chi connectivity index (χ4n) is 2.30. The van der Waals surface area contributed by atoms with Crippen molar-refractivity contribution in [2.24, 2.45) is 4.99 Å². The second-order valence-electron chi connectivity index (χ2n) is 5.19. The zero-order valence-corrected chi connectivity index (χ0v) is 15.4. The lowest BCUT2D eigenvalue weighted by molar-refractivity contribution is 0.179. The van der Waals surface area contributed by atoms with Crippen molar-refractivity contribution in [3.05, 3.63) is 17.7 Å². The van der Waals surface area contributed by atoms with Crippen molar-refractivity contribution in [2.45, 2.75) is 26.4 Å². The van der Waals surface area contributed by atoms with E-state index in [0.717, 1.165) is 18.1 Å². The van der Waals surface area contributed by atoms with Crippen LogP contribution in [0.3, 0.4) is 0 Å². The number of guanidine groups is 1. The van der Waals surface area contributed by atoms with E-state index >= 15 is 0 Å². The van der Waals surface area contributed by atoms with Crippen LogP contribution in [0.1, 0.15) is 19.4 Å². The Hall–Kier alpha value is -2.15. The SMILES string of the molecule is CCNC(=NCc1ccc(OC)c(OC)c1OC)NC(C)COC. The van der Waals surface area contributed by atoms with Gasteiger partial charge in [-0.2, -0.15) is 0 Å². The Labute approximate surface area is 144 Å². The van der Waals surface area contributed by atoms with Gasteiger partial charge in [-0.05, 0) is 26.0 Å². The lowest BCUT2D eigenvalue weighted by Crippen LogP contribution is -2.43. The third-order valence-electron chi connectivity index (χ3n) is 3.34. The Balaban J connectivity index is 2.99. The van der Waals surface area contributed by atoms with E-state index < -0.39 is 0 Å². The smallest absolute Gasteiger partial charge is 0.203 e. The van der Waals surface area contributed by atoms with Crippen LogP contribution in [0, 0.1) is 0 Å². The molecule has 0 saturated heterocycles. The molecule has 7 nitrogen and oxygen atoms in total. The summed E-state index contributed by atoms with van der Waals surface area (Å²) in [7, 11) is 6.47. The van der Waals surface area contributed by atoms with Crippen LogP contribution in [0.15, 0.2) is 17.1 Å². The first-order valence-corrected chi connectivity index (χ1v) is 7.92. The molecule has 0 heterocycles. The number of rotatable bonds is 9. The Bertz CT molecular complexity index is 535. The molecule has 0 aliphatic heterocycles. The summed E-state index contributed by atoms with van der Waals surface area (Å²) in [4.78, 5) is 4.61. The quantitative estimate of drug-likeness (QED) is 0.528. The maximum atomic E-state index is 5.49. The third kappa shape index (κ3) is 5.49. The van der Waals surface area contributed by atoms with Gasteiger partial charge in [0.2, 0.25) is 5.75 Å². The van der Waals surface area contributed by atoms with Crippen molar-refractivity contribution < 1.29 is 18.9 Å². The molecule has 7 heteroatoms. The molecular formula is C17H29N3O4. The van der Waals surface area contributed by atoms with Crippen LogP contribution in [-0.2, 0) is 11.3 Å². The number of aliphatic imine (C=N–C) groups is 1. The molecule has 0 aromatic heterocycles. The summed E-state index contributed by atoms with van der Waals surface area (Å²) in [5, 5.41) is 6.51. The standard InChI is InChI=1S/C17H29N3O4/c1-7-18-17(20-12(2)11-21-3)19-10-13-8-9-14(22-4)16(24-6)15(13)23-5/h8-9,12H,7,10-11H2,1-6H3,(H2,18,19,20). The maximum Gasteiger partial charge on any atom is 0.203 e. The van der Waals surface area contributed by atoms with E-state index in [1.165, 1.54) is 0 Å². The highest BCUT2D eigenvalue weighted by Gasteiger charge is 2.15. The van der Waals surface area contributed by atoms with Crippen LogP contribution in [-0.4, -0.2) is 53.6 Å². The van der Waals surface area contributed by atoms with E-state index in [2.05, 4.69) is 15.6 Å². The first kappa shape index (κ1) is 19.9. The fourth-order valence-corrected chi connectivity index (χ4v) is 2.30. The predicted molar refractivity (Wildman–Crippen MR) is 95.4 cm³/mol. The van der Waals surface area contributed by atoms with E-state index in [1.807, 2.05) is 26.0 Å². The number of hydrogen-bond acceptors (Lipinski definition) is 5. The number of benzene rings is 1. The van der Waals surface area contributed by atoms with Gasteiger partial charge in [0.05, 0.1) is 34.5 Å². The molecule has 24 heavy (non-hydrogen) atoms. The van der Waals surface area contributed by atoms with Crippen molar-refractivity contribution in [3.63, 3.8) is 0 Å². The molecule has 0 fully saturated rings. The van der Waals surface area contributed by atoms with Gasteiger partial charge in [-0.3, -0.25) is 0 Å². The number of hydrogen-bond donors (Lipinski definition) is 2. The molecule has 0 spiro atoms. The zero-order valence-electron chi connectivity index (χ0n) is 15.4. The molecule has 0 saturated carbocycles. The summed E-state index contributed by atoms with van der Waals surface area (Å²) in [6, 6.07) is 3.92. The lowest BCUT2D eigenvalue weighted by Gasteiger charge is -2.18. The number of nitrogens with zero attached hydrogens (tertiary/aromatic N) is 1. The van der Waals surface area contributed by atoms with Gasteiger partial charge in [0, 0.05) is 25.3 Å². The summed E-state index contributed by atoms with van der Waals surface area (Å²) in [5.74, 6) is 2.54. The molecule has 2 N–H and O–H groups in total. The van der Waals surface area contributed by atoms with Gasteiger partial charge < -0.3 is 29.6 Å². The number of ether oxygens (including phenoxy) is 4. The van der Waals surface area contributed by atoms with E-state index in [1.54, 1.807) is 28.4 Å². The first-order valence-electron chi connectivity index (χ1n) is 7.92. The average molecular weight is 339 g/mol. The highest BCUT2D eigenvalue weighted by molar-refractivity contribution is 5.80. The van der Waals surface area contributed by atoms with E-state index in [9.17, 15) is 0 Å². The number of methoxy groups -OCH3 is 4. The second-order valence-corrected chi connectivity index (χ2v) is 5.19. The van der Waals surface area contributed by atoms with E-state index in [-0.39, 0.29) is 6.04 Å². The summed E-state index contributed by atoms with van der Waals surface area (Å²) < 4.78 is 21.3. The molecule has 0 aliphatic rings. The summed E-state index contributed by atoms with van der Waals surface area (Å²) in [5.41, 5.74) is 0.909. The minimum Gasteiger partial charge on any atom is -0.493 e. The molecule has 1 rings (SSSR count). The topological polar surface area (TPSA) is 73.3 Å². The Morgan fingerprint density at radius 2 is 1.79 bits per heavy atom. The monoisotopic (exact) mass is 339 g/mol. The molecule has 0 bridgehead atoms. The van der Waals surface area contributed by atoms with Crippen molar-refractivity contribution >= 4 is 5.96 Å². The Kier molecular flexibility index (Phi) is 8.78. The minimum atomic E-state index is 0.153. The molecule has 1 aromatic rings. The third-order valence-corrected chi connectivity index (χ3v) is 3.34. The van der Waals surface area contributed by atoms with Gasteiger partial charge in [-0.25, -0.2) is 4.99 Å². The normalized spacial score (nSPS) is 12.5. The van der Waals surface area contributed by atoms with Gasteiger partial charge in [-0.1, -0.05) is 0 Å². The van der Waals surface area contributed by atoms with Crippen LogP contribution in [0.5, 0.6) is 17.2 Å². The maximum absolute atomic E-state index is 5.49. The van der Waals surface area contributed by atoms with Crippen LogP contribution in [0.2, 0.25) is 0 Å². The second kappa shape index (κ2) is 10.6. The zero-order chi connectivity index (χ0) is 17.9. The summed E-state index contributed by atoms with van der Waals surface area (Å²) >= 11 is 0. The lowest BCUT2D eigenvalue weighted by atomic mass is 10.1. The molecule has 1 atom stereocenters. The number of nitrogens with one attached hydrogen (secondary N) is 2. The molecule has 0 amide bonds. The Morgan fingerprint density at radius 1 is 1.08 bits per heavy atom. The molecule has 1 aromatic carbocycles. The fraction of sp³-hybridized carbons (Fsp3) is 0.588. The van der Waals surface area contributed by atoms with E-state index in [4.69, 9.17) is 18.9 Å². The van der Waals surface area contributed by atoms with Gasteiger partial charge in [0.15, 0.2) is 17.5 Å². The summed E-state index contributed by atoms with van der Waals surface area (Å²) in [6.07, 6.45) is 0. The molecular weight excluding hydrogens is 310 g/mol. The Morgan fingerprint density at radius 3 is 2.33 bits per heavy atom. The summed E-state index contributed by atoms with van der Waals surface area (Å²) in [6.45, 7) is 5.87. The van der Waals surface area contributed by atoms with Crippen molar-refractivity contribution in [1.29, 1.82) is 0 Å². The van der Waals surface area contributed by atoms with E-state index in [0.29, 0.717) is 30.4 Å². The van der Waals surface area contributed by atoms with Crippen LogP contribution in [0.4, 0.5) is 0 Å². The molecule has 0 radical (unpaired) electrons. The predicted octanol–water partition coefficient (Wildman–Crippen LogP) is 1.80. The van der Waals surface area contributed by atoms with Gasteiger partial charge in [-0.15, -0.1) is 0 Å². The molecule has 1 unspecified atom stereocenters. The molecule has 0 aliphatic carbocycles. The first-order chi connectivity index (χ1) is 11.6. The highest BCUT2D eigenvalue weighted by atomic mass is 16.5. The highest BCUT2D eigenvalue weighted by Crippen LogP contribution is 2.39. The largest absolute Gasteiger partial charge is 0.493 e. The molecule has 136 valence electrons. The average Bonchev–Trinajstić information content (AvgIpc) is 2.58. The van der Waals surface area contributed by atoms with Crippen molar-refractivity contribution in [3.8, 4) is 17.2 Å². The van der Waals surface area contributed by atoms with Crippen LogP contribution in [0.25, 0.3) is 0 Å². The van der Waals surface area contributed by atoms with Gasteiger partial charge in [0.1, 0.15) is 0 Å². The van der Waals surface area contributed by atoms with Crippen molar-refractivity contribution in [1.82, 2.24) is 10.6 Å². The minimum absolute atomic E-state index is 0.153. The van der Waals surface area contributed by atoms with Crippen LogP contribution < -0.4 is 24.8 Å².